The molecule has 11 heteroatoms. The zero-order valence-electron chi connectivity index (χ0n) is 26.8. The molecular formula is C31H49NO10. The van der Waals surface area contributed by atoms with E-state index in [0.717, 1.165) is 0 Å². The topological polar surface area (TPSA) is 150 Å². The van der Waals surface area contributed by atoms with Gasteiger partial charge in [-0.25, -0.2) is 9.59 Å². The summed E-state index contributed by atoms with van der Waals surface area (Å²) in [5, 5.41) is 0. The molecule has 0 aromatic heterocycles. The van der Waals surface area contributed by atoms with Crippen LogP contribution in [0.5, 0.6) is 11.5 Å². The fourth-order valence-electron chi connectivity index (χ4n) is 3.13. The Morgan fingerprint density at radius 1 is 0.690 bits per heavy atom. The summed E-state index contributed by atoms with van der Waals surface area (Å²) in [5.74, 6) is -1.18. The van der Waals surface area contributed by atoms with Gasteiger partial charge in [-0.15, -0.1) is 0 Å². The Bertz CT molecular complexity index is 1060. The van der Waals surface area contributed by atoms with Crippen molar-refractivity contribution in [2.24, 2.45) is 23.0 Å². The van der Waals surface area contributed by atoms with Crippen LogP contribution in [0.25, 0.3) is 0 Å². The van der Waals surface area contributed by atoms with E-state index in [1.54, 1.807) is 33.8 Å². The Balaban J connectivity index is 3.00. The molecule has 1 aromatic carbocycles. The quantitative estimate of drug-likeness (QED) is 0.163. The van der Waals surface area contributed by atoms with Crippen molar-refractivity contribution in [3.05, 3.63) is 23.8 Å². The number of ether oxygens (including phenoxy) is 6. The largest absolute Gasteiger partial charge is 0.514 e. The molecule has 0 aliphatic rings. The molecule has 11 nitrogen and oxygen atoms in total. The molecule has 5 atom stereocenters. The minimum atomic E-state index is -1.09. The van der Waals surface area contributed by atoms with Gasteiger partial charge in [-0.2, -0.15) is 0 Å². The highest BCUT2D eigenvalue weighted by molar-refractivity contribution is 5.76. The standard InChI is InChI=1S/C31H49NO10/c1-17(2)19(5)39-29(35)41-25-13-12-23(15-26(25)42-30(36)40-20(6)18(3)4)14-24(32)28(34)38-22(8)21(7)37-27(33)16-31(9,10)11/h12-13,15,17-22,24H,14,16,32H2,1-11H3/t19-,20?,21?,22?,24-/m0/s1. The molecular weight excluding hydrogens is 546 g/mol. The maximum absolute atomic E-state index is 12.7. The van der Waals surface area contributed by atoms with E-state index >= 15 is 0 Å². The molecule has 0 fully saturated rings. The van der Waals surface area contributed by atoms with E-state index in [1.807, 2.05) is 48.5 Å². The van der Waals surface area contributed by atoms with Crippen molar-refractivity contribution in [1.29, 1.82) is 0 Å². The number of nitrogens with two attached hydrogens (primary N) is 1. The molecule has 2 N–H and O–H groups in total. The first-order valence-electron chi connectivity index (χ1n) is 14.3. The average Bonchev–Trinajstić information content (AvgIpc) is 2.83. The van der Waals surface area contributed by atoms with Crippen LogP contribution in [0.15, 0.2) is 18.2 Å². The van der Waals surface area contributed by atoms with Gasteiger partial charge in [-0.1, -0.05) is 54.5 Å². The summed E-state index contributed by atoms with van der Waals surface area (Å²) in [7, 11) is 0. The predicted octanol–water partition coefficient (Wildman–Crippen LogP) is 5.98. The SMILES string of the molecule is CC(C)C(C)OC(=O)Oc1cc(C[C@H](N)C(=O)OC(C)C(C)OC(=O)CC(C)(C)C)ccc1OC(=O)O[C@@H](C)C(C)C. The molecule has 3 unspecified atom stereocenters. The predicted molar refractivity (Wildman–Crippen MR) is 156 cm³/mol. The third kappa shape index (κ3) is 13.5. The van der Waals surface area contributed by atoms with Crippen LogP contribution in [-0.2, 0) is 35.0 Å². The minimum Gasteiger partial charge on any atom is -0.459 e. The Hall–Kier alpha value is -3.34. The van der Waals surface area contributed by atoms with Crippen LogP contribution in [0.3, 0.4) is 0 Å². The number of carbonyl (C=O) groups is 4. The van der Waals surface area contributed by atoms with Crippen LogP contribution in [0, 0.1) is 17.3 Å². The van der Waals surface area contributed by atoms with Crippen LogP contribution < -0.4 is 15.2 Å². The van der Waals surface area contributed by atoms with E-state index in [9.17, 15) is 19.2 Å². The first kappa shape index (κ1) is 36.7. The van der Waals surface area contributed by atoms with E-state index in [-0.39, 0.29) is 47.6 Å². The van der Waals surface area contributed by atoms with Gasteiger partial charge in [0.1, 0.15) is 30.5 Å². The molecule has 0 aliphatic heterocycles. The molecule has 0 saturated carbocycles. The molecule has 0 saturated heterocycles. The molecule has 0 heterocycles. The Labute approximate surface area is 249 Å². The number of carbonyl (C=O) groups excluding carboxylic acids is 4. The highest BCUT2D eigenvalue weighted by Gasteiger charge is 2.27. The molecule has 0 bridgehead atoms. The average molecular weight is 596 g/mol. The van der Waals surface area contributed by atoms with Crippen LogP contribution >= 0.6 is 0 Å². The molecule has 0 aliphatic carbocycles. The van der Waals surface area contributed by atoms with Crippen molar-refractivity contribution in [2.45, 2.75) is 119 Å². The van der Waals surface area contributed by atoms with Crippen molar-refractivity contribution in [1.82, 2.24) is 0 Å². The summed E-state index contributed by atoms with van der Waals surface area (Å²) >= 11 is 0. The smallest absolute Gasteiger partial charge is 0.459 e. The maximum atomic E-state index is 12.7. The minimum absolute atomic E-state index is 0.00661. The second-order valence-corrected chi connectivity index (χ2v) is 12.5. The van der Waals surface area contributed by atoms with Gasteiger partial charge in [0.25, 0.3) is 0 Å². The summed E-state index contributed by atoms with van der Waals surface area (Å²) in [6, 6.07) is 3.30. The number of hydrogen-bond acceptors (Lipinski definition) is 11. The molecule has 0 spiro atoms. The van der Waals surface area contributed by atoms with Crippen LogP contribution in [0.4, 0.5) is 9.59 Å². The number of esters is 2. The Kier molecular flexibility index (Phi) is 14.3. The molecule has 1 aromatic rings. The van der Waals surface area contributed by atoms with Crippen LogP contribution in [-0.4, -0.2) is 54.7 Å². The van der Waals surface area contributed by atoms with E-state index < -0.39 is 48.7 Å². The number of rotatable bonds is 13. The van der Waals surface area contributed by atoms with Crippen molar-refractivity contribution < 1.29 is 47.6 Å². The molecule has 1 rings (SSSR count). The maximum Gasteiger partial charge on any atom is 0.514 e. The van der Waals surface area contributed by atoms with Gasteiger partial charge in [-0.05, 0) is 69.1 Å². The molecule has 0 radical (unpaired) electrons. The van der Waals surface area contributed by atoms with Gasteiger partial charge in [0.05, 0.1) is 6.42 Å². The van der Waals surface area contributed by atoms with E-state index in [2.05, 4.69) is 0 Å². The fourth-order valence-corrected chi connectivity index (χ4v) is 3.13. The molecule has 0 amide bonds. The first-order chi connectivity index (χ1) is 19.3. The second kappa shape index (κ2) is 16.3. The van der Waals surface area contributed by atoms with Crippen LogP contribution in [0.1, 0.15) is 88.1 Å². The van der Waals surface area contributed by atoms with Gasteiger partial charge in [-0.3, -0.25) is 9.59 Å². The van der Waals surface area contributed by atoms with Gasteiger partial charge < -0.3 is 34.2 Å². The number of hydrogen-bond donors (Lipinski definition) is 1. The lowest BCUT2D eigenvalue weighted by Gasteiger charge is -2.24. The highest BCUT2D eigenvalue weighted by atomic mass is 16.8. The third-order valence-electron chi connectivity index (χ3n) is 6.55. The summed E-state index contributed by atoms with van der Waals surface area (Å²) < 4.78 is 32.1. The zero-order valence-corrected chi connectivity index (χ0v) is 26.8. The normalized spacial score (nSPS) is 15.2. The van der Waals surface area contributed by atoms with Crippen molar-refractivity contribution in [3.63, 3.8) is 0 Å². The van der Waals surface area contributed by atoms with Crippen molar-refractivity contribution in [2.75, 3.05) is 0 Å². The van der Waals surface area contributed by atoms with Crippen molar-refractivity contribution >= 4 is 24.2 Å². The third-order valence-corrected chi connectivity index (χ3v) is 6.55. The van der Waals surface area contributed by atoms with Gasteiger partial charge in [0, 0.05) is 0 Å². The van der Waals surface area contributed by atoms with E-state index in [1.165, 1.54) is 12.1 Å². The second-order valence-electron chi connectivity index (χ2n) is 12.5. The van der Waals surface area contributed by atoms with Gasteiger partial charge >= 0.3 is 24.2 Å². The molecule has 238 valence electrons. The van der Waals surface area contributed by atoms with Gasteiger partial charge in [0.2, 0.25) is 0 Å². The lowest BCUT2D eigenvalue weighted by atomic mass is 9.92. The lowest BCUT2D eigenvalue weighted by Crippen LogP contribution is -2.39. The summed E-state index contributed by atoms with van der Waals surface area (Å²) in [6.07, 6.45) is -3.98. The zero-order chi connectivity index (χ0) is 32.4. The van der Waals surface area contributed by atoms with E-state index in [0.29, 0.717) is 5.56 Å². The highest BCUT2D eigenvalue weighted by Crippen LogP contribution is 2.30. The Morgan fingerprint density at radius 2 is 1.17 bits per heavy atom. The lowest BCUT2D eigenvalue weighted by molar-refractivity contribution is -0.167. The van der Waals surface area contributed by atoms with Crippen LogP contribution in [0.2, 0.25) is 0 Å². The fraction of sp³-hybridized carbons (Fsp3) is 0.677. The van der Waals surface area contributed by atoms with Crippen molar-refractivity contribution in [3.8, 4) is 11.5 Å². The van der Waals surface area contributed by atoms with Gasteiger partial charge in [0.15, 0.2) is 11.5 Å². The summed E-state index contributed by atoms with van der Waals surface area (Å²) in [5.41, 5.74) is 6.37. The monoisotopic (exact) mass is 595 g/mol. The van der Waals surface area contributed by atoms with E-state index in [4.69, 9.17) is 34.2 Å². The Morgan fingerprint density at radius 3 is 1.64 bits per heavy atom. The molecule has 42 heavy (non-hydrogen) atoms. The summed E-state index contributed by atoms with van der Waals surface area (Å²) in [6.45, 7) is 20.0. The number of benzene rings is 1. The summed E-state index contributed by atoms with van der Waals surface area (Å²) in [4.78, 5) is 49.7. The first-order valence-corrected chi connectivity index (χ1v) is 14.3.